The van der Waals surface area contributed by atoms with Crippen LogP contribution < -0.4 is 10.1 Å². The monoisotopic (exact) mass is 289 g/mol. The minimum absolute atomic E-state index is 0.260. The van der Waals surface area contributed by atoms with Gasteiger partial charge in [0.05, 0.1) is 6.61 Å². The van der Waals surface area contributed by atoms with Crippen molar-refractivity contribution >= 4 is 17.3 Å². The summed E-state index contributed by atoms with van der Waals surface area (Å²) < 4.78 is 5.63. The predicted octanol–water partition coefficient (Wildman–Crippen LogP) is 3.06. The number of rotatable bonds is 4. The van der Waals surface area contributed by atoms with Crippen molar-refractivity contribution in [3.63, 3.8) is 0 Å². The van der Waals surface area contributed by atoms with Gasteiger partial charge < -0.3 is 15.2 Å². The Balaban J connectivity index is 1.68. The van der Waals surface area contributed by atoms with Crippen LogP contribution in [-0.2, 0) is 6.54 Å². The number of benzene rings is 1. The fourth-order valence-corrected chi connectivity index (χ4v) is 3.16. The summed E-state index contributed by atoms with van der Waals surface area (Å²) in [5, 5.41) is 12.4. The SMILES string of the molecule is O=C(O)c1ccc(CNC2CCOc3ccccc32)s1. The molecule has 4 nitrogen and oxygen atoms in total. The van der Waals surface area contributed by atoms with Crippen molar-refractivity contribution in [2.24, 2.45) is 0 Å². The molecule has 104 valence electrons. The quantitative estimate of drug-likeness (QED) is 0.908. The molecule has 0 spiro atoms. The second-order valence-electron chi connectivity index (χ2n) is 4.68. The largest absolute Gasteiger partial charge is 0.493 e. The van der Waals surface area contributed by atoms with Gasteiger partial charge in [-0.05, 0) is 18.2 Å². The summed E-state index contributed by atoms with van der Waals surface area (Å²) in [4.78, 5) is 12.3. The molecule has 0 saturated heterocycles. The number of nitrogens with one attached hydrogen (secondary N) is 1. The topological polar surface area (TPSA) is 58.6 Å². The van der Waals surface area contributed by atoms with E-state index < -0.39 is 5.97 Å². The Kier molecular flexibility index (Phi) is 3.71. The van der Waals surface area contributed by atoms with Crippen molar-refractivity contribution in [2.45, 2.75) is 19.0 Å². The molecule has 1 aromatic heterocycles. The maximum Gasteiger partial charge on any atom is 0.345 e. The van der Waals surface area contributed by atoms with Crippen LogP contribution in [0.1, 0.15) is 32.6 Å². The number of para-hydroxylation sites is 1. The lowest BCUT2D eigenvalue weighted by Crippen LogP contribution is -2.26. The highest BCUT2D eigenvalue weighted by Gasteiger charge is 2.20. The van der Waals surface area contributed by atoms with Crippen LogP contribution >= 0.6 is 11.3 Å². The van der Waals surface area contributed by atoms with E-state index in [9.17, 15) is 4.79 Å². The van der Waals surface area contributed by atoms with Gasteiger partial charge in [-0.15, -0.1) is 11.3 Å². The average Bonchev–Trinajstić information content (AvgIpc) is 2.94. The maximum atomic E-state index is 10.9. The van der Waals surface area contributed by atoms with Gasteiger partial charge in [-0.3, -0.25) is 0 Å². The third-order valence-corrected chi connectivity index (χ3v) is 4.43. The summed E-state index contributed by atoms with van der Waals surface area (Å²) in [5.41, 5.74) is 1.17. The van der Waals surface area contributed by atoms with E-state index in [1.807, 2.05) is 24.3 Å². The van der Waals surface area contributed by atoms with Crippen LogP contribution in [0.3, 0.4) is 0 Å². The molecule has 0 aliphatic carbocycles. The number of carbonyl (C=O) groups is 1. The lowest BCUT2D eigenvalue weighted by Gasteiger charge is -2.26. The first-order chi connectivity index (χ1) is 9.74. The number of carboxylic acid groups (broad SMARTS) is 1. The van der Waals surface area contributed by atoms with Crippen LogP contribution in [0.2, 0.25) is 0 Å². The van der Waals surface area contributed by atoms with Crippen molar-refractivity contribution in [3.8, 4) is 5.75 Å². The van der Waals surface area contributed by atoms with Crippen LogP contribution in [0, 0.1) is 0 Å². The number of ether oxygens (including phenoxy) is 1. The van der Waals surface area contributed by atoms with Gasteiger partial charge >= 0.3 is 5.97 Å². The molecule has 0 saturated carbocycles. The van der Waals surface area contributed by atoms with Crippen LogP contribution in [0.25, 0.3) is 0 Å². The van der Waals surface area contributed by atoms with E-state index in [4.69, 9.17) is 9.84 Å². The molecule has 2 N–H and O–H groups in total. The van der Waals surface area contributed by atoms with Gasteiger partial charge in [0.25, 0.3) is 0 Å². The Morgan fingerprint density at radius 2 is 2.20 bits per heavy atom. The molecule has 1 aliphatic heterocycles. The lowest BCUT2D eigenvalue weighted by atomic mass is 10.0. The van der Waals surface area contributed by atoms with E-state index in [2.05, 4.69) is 11.4 Å². The second-order valence-corrected chi connectivity index (χ2v) is 5.85. The van der Waals surface area contributed by atoms with Crippen LogP contribution in [-0.4, -0.2) is 17.7 Å². The fourth-order valence-electron chi connectivity index (χ4n) is 2.37. The molecule has 3 rings (SSSR count). The summed E-state index contributed by atoms with van der Waals surface area (Å²) in [6.45, 7) is 1.39. The lowest BCUT2D eigenvalue weighted by molar-refractivity contribution is 0.0702. The number of aromatic carboxylic acids is 1. The van der Waals surface area contributed by atoms with Gasteiger partial charge in [0.2, 0.25) is 0 Å². The van der Waals surface area contributed by atoms with Gasteiger partial charge in [-0.2, -0.15) is 0 Å². The molecule has 20 heavy (non-hydrogen) atoms. The first-order valence-electron chi connectivity index (χ1n) is 6.51. The summed E-state index contributed by atoms with van der Waals surface area (Å²) in [6, 6.07) is 11.8. The van der Waals surface area contributed by atoms with E-state index in [0.717, 1.165) is 17.0 Å². The van der Waals surface area contributed by atoms with Crippen LogP contribution in [0.5, 0.6) is 5.75 Å². The fraction of sp³-hybridized carbons (Fsp3) is 0.267. The van der Waals surface area contributed by atoms with Crippen molar-refractivity contribution in [1.82, 2.24) is 5.32 Å². The van der Waals surface area contributed by atoms with E-state index in [1.165, 1.54) is 16.9 Å². The zero-order valence-electron chi connectivity index (χ0n) is 10.8. The first-order valence-corrected chi connectivity index (χ1v) is 7.33. The first kappa shape index (κ1) is 13.1. The Morgan fingerprint density at radius 1 is 1.35 bits per heavy atom. The third kappa shape index (κ3) is 2.69. The van der Waals surface area contributed by atoms with Crippen LogP contribution in [0.4, 0.5) is 0 Å². The Bertz CT molecular complexity index is 623. The Morgan fingerprint density at radius 3 is 3.00 bits per heavy atom. The molecule has 0 fully saturated rings. The molecule has 0 bridgehead atoms. The number of fused-ring (bicyclic) bond motifs is 1. The molecular formula is C15H15NO3S. The minimum Gasteiger partial charge on any atom is -0.493 e. The Hall–Kier alpha value is -1.85. The molecule has 1 aliphatic rings. The molecule has 1 aromatic carbocycles. The van der Waals surface area contributed by atoms with Gasteiger partial charge in [0, 0.05) is 29.4 Å². The summed E-state index contributed by atoms with van der Waals surface area (Å²) >= 11 is 1.32. The molecule has 0 radical (unpaired) electrons. The molecule has 1 atom stereocenters. The van der Waals surface area contributed by atoms with Crippen LogP contribution in [0.15, 0.2) is 36.4 Å². The highest BCUT2D eigenvalue weighted by atomic mass is 32.1. The normalized spacial score (nSPS) is 17.3. The van der Waals surface area contributed by atoms with E-state index >= 15 is 0 Å². The van der Waals surface area contributed by atoms with E-state index in [0.29, 0.717) is 18.0 Å². The molecule has 0 amide bonds. The predicted molar refractivity (Wildman–Crippen MR) is 77.4 cm³/mol. The summed E-state index contributed by atoms with van der Waals surface area (Å²) in [5.74, 6) is 0.0753. The smallest absolute Gasteiger partial charge is 0.345 e. The van der Waals surface area contributed by atoms with Gasteiger partial charge in [-0.1, -0.05) is 18.2 Å². The molecule has 2 heterocycles. The average molecular weight is 289 g/mol. The van der Waals surface area contributed by atoms with E-state index in [1.54, 1.807) is 6.07 Å². The minimum atomic E-state index is -0.863. The van der Waals surface area contributed by atoms with Gasteiger partial charge in [0.1, 0.15) is 10.6 Å². The van der Waals surface area contributed by atoms with Gasteiger partial charge in [0.15, 0.2) is 0 Å². The highest BCUT2D eigenvalue weighted by Crippen LogP contribution is 2.31. The summed E-state index contributed by atoms with van der Waals surface area (Å²) in [6.07, 6.45) is 0.925. The standard InChI is InChI=1S/C15H15NO3S/c17-15(18)14-6-5-10(20-14)9-16-12-7-8-19-13-4-2-1-3-11(12)13/h1-6,12,16H,7-9H2,(H,17,18). The number of carboxylic acids is 1. The zero-order valence-corrected chi connectivity index (χ0v) is 11.7. The molecular weight excluding hydrogens is 274 g/mol. The molecule has 5 heteroatoms. The molecule has 1 unspecified atom stereocenters. The van der Waals surface area contributed by atoms with Crippen molar-refractivity contribution in [3.05, 3.63) is 51.7 Å². The van der Waals surface area contributed by atoms with Crippen molar-refractivity contribution in [2.75, 3.05) is 6.61 Å². The van der Waals surface area contributed by atoms with Crippen molar-refractivity contribution < 1.29 is 14.6 Å². The number of hydrogen-bond donors (Lipinski definition) is 2. The summed E-state index contributed by atoms with van der Waals surface area (Å²) in [7, 11) is 0. The number of hydrogen-bond acceptors (Lipinski definition) is 4. The third-order valence-electron chi connectivity index (χ3n) is 3.35. The molecule has 2 aromatic rings. The highest BCUT2D eigenvalue weighted by molar-refractivity contribution is 7.13. The number of thiophene rings is 1. The van der Waals surface area contributed by atoms with Gasteiger partial charge in [-0.25, -0.2) is 4.79 Å². The maximum absolute atomic E-state index is 10.9. The second kappa shape index (κ2) is 5.64. The van der Waals surface area contributed by atoms with E-state index in [-0.39, 0.29) is 6.04 Å². The zero-order chi connectivity index (χ0) is 13.9. The van der Waals surface area contributed by atoms with Crippen molar-refractivity contribution in [1.29, 1.82) is 0 Å². The Labute approximate surface area is 121 Å².